The van der Waals surface area contributed by atoms with E-state index in [1.165, 1.54) is 150 Å². The first-order valence-corrected chi connectivity index (χ1v) is 24.9. The van der Waals surface area contributed by atoms with E-state index in [-0.39, 0.29) is 17.7 Å². The van der Waals surface area contributed by atoms with Crippen LogP contribution in [0.25, 0.3) is 0 Å². The number of allylic oxidation sites excluding steroid dienone is 5. The molecule has 61 heavy (non-hydrogen) atoms. The Morgan fingerprint density at radius 3 is 2.31 bits per heavy atom. The maximum Gasteiger partial charge on any atom is 0.248 e. The number of rotatable bonds is 3. The van der Waals surface area contributed by atoms with E-state index in [0.717, 1.165) is 0 Å². The fraction of sp³-hybridized carbons (Fsp3) is 0.448. The van der Waals surface area contributed by atoms with Crippen LogP contribution in [0.15, 0.2) is 114 Å². The summed E-state index contributed by atoms with van der Waals surface area (Å²) in [6.45, 7) is 5.64. The van der Waals surface area contributed by atoms with Gasteiger partial charge in [0.15, 0.2) is 0 Å². The zero-order chi connectivity index (χ0) is 40.5. The van der Waals surface area contributed by atoms with E-state index < -0.39 is 0 Å². The van der Waals surface area contributed by atoms with Gasteiger partial charge in [0.1, 0.15) is 0 Å². The lowest BCUT2D eigenvalue weighted by atomic mass is 9.27. The minimum Gasteiger partial charge on any atom is -0.333 e. The highest BCUT2D eigenvalue weighted by atomic mass is 15.2. The highest BCUT2D eigenvalue weighted by Gasteiger charge is 2.57. The van der Waals surface area contributed by atoms with E-state index in [2.05, 4.69) is 121 Å². The number of aryl methyl sites for hydroxylation is 3. The molecule has 2 saturated carbocycles. The van der Waals surface area contributed by atoms with Crippen molar-refractivity contribution in [3.8, 4) is 0 Å². The quantitative estimate of drug-likeness (QED) is 0.191. The third-order valence-corrected chi connectivity index (χ3v) is 18.2. The highest BCUT2D eigenvalue weighted by Crippen LogP contribution is 2.59. The van der Waals surface area contributed by atoms with Gasteiger partial charge in [0.05, 0.1) is 5.54 Å². The molecule has 0 aromatic heterocycles. The average molecular weight is 799 g/mol. The Morgan fingerprint density at radius 2 is 1.39 bits per heavy atom. The first kappa shape index (κ1) is 37.1. The van der Waals surface area contributed by atoms with Crippen LogP contribution in [0.3, 0.4) is 0 Å². The average Bonchev–Trinajstić information content (AvgIpc) is 3.30. The van der Waals surface area contributed by atoms with Crippen molar-refractivity contribution in [3.63, 3.8) is 0 Å². The van der Waals surface area contributed by atoms with Gasteiger partial charge < -0.3 is 9.80 Å². The first-order valence-electron chi connectivity index (χ1n) is 24.9. The van der Waals surface area contributed by atoms with Crippen molar-refractivity contribution >= 4 is 40.4 Å². The number of fused-ring (bicyclic) bond motifs is 10. The fourth-order valence-corrected chi connectivity index (χ4v) is 15.3. The third kappa shape index (κ3) is 5.34. The molecule has 0 radical (unpaired) electrons. The summed E-state index contributed by atoms with van der Waals surface area (Å²) < 4.78 is 0. The summed E-state index contributed by atoms with van der Waals surface area (Å²) in [5.41, 5.74) is 25.3. The van der Waals surface area contributed by atoms with Crippen molar-refractivity contribution in [2.45, 2.75) is 147 Å². The Balaban J connectivity index is 1.17. The molecule has 9 aliphatic rings. The van der Waals surface area contributed by atoms with Gasteiger partial charge in [0.2, 0.25) is 6.71 Å². The Morgan fingerprint density at radius 1 is 0.623 bits per heavy atom. The monoisotopic (exact) mass is 799 g/mol. The number of hydrogen-bond acceptors (Lipinski definition) is 2. The lowest BCUT2D eigenvalue weighted by Gasteiger charge is -2.59. The van der Waals surface area contributed by atoms with Crippen LogP contribution in [0.2, 0.25) is 0 Å². The van der Waals surface area contributed by atoms with Crippen LogP contribution < -0.4 is 20.7 Å². The van der Waals surface area contributed by atoms with E-state index in [1.54, 1.807) is 61.0 Å². The van der Waals surface area contributed by atoms with Gasteiger partial charge in [-0.2, -0.15) is 0 Å². The first-order chi connectivity index (χ1) is 30.0. The number of nitrogens with zero attached hydrogens (tertiary/aromatic N) is 2. The molecule has 5 atom stereocenters. The second kappa shape index (κ2) is 14.0. The number of anilines is 4. The molecule has 2 fully saturated rings. The number of hydrogen-bond donors (Lipinski definition) is 0. The van der Waals surface area contributed by atoms with Crippen LogP contribution in [0, 0.1) is 17.3 Å². The molecule has 4 aromatic rings. The summed E-state index contributed by atoms with van der Waals surface area (Å²) in [4.78, 5) is 5.89. The summed E-state index contributed by atoms with van der Waals surface area (Å²) in [6.07, 6.45) is 37.1. The predicted octanol–water partition coefficient (Wildman–Crippen LogP) is 13.1. The maximum absolute atomic E-state index is 3.01. The fourth-order valence-electron chi connectivity index (χ4n) is 15.3. The van der Waals surface area contributed by atoms with Crippen molar-refractivity contribution in [1.29, 1.82) is 0 Å². The molecular formula is C58H63BN2. The molecule has 0 saturated heterocycles. The molecule has 4 aromatic carbocycles. The van der Waals surface area contributed by atoms with Crippen molar-refractivity contribution in [2.75, 3.05) is 9.80 Å². The molecule has 5 unspecified atom stereocenters. The summed E-state index contributed by atoms with van der Waals surface area (Å²) in [5.74, 6) is 1.49. The number of benzene rings is 4. The SMILES string of the molecule is CC12CCCCC1C=CC1=C2B2c3c(cc(C4CCCc5ccccc54)cc3N1C1(C)C=CC=C3CCCCC31)N(c1cccc3c1CCCC3)c1ccc3c(c12)CCCC3. The Hall–Kier alpha value is -4.50. The van der Waals surface area contributed by atoms with E-state index in [0.29, 0.717) is 17.8 Å². The van der Waals surface area contributed by atoms with Gasteiger partial charge >= 0.3 is 0 Å². The molecule has 3 heteroatoms. The zero-order valence-electron chi connectivity index (χ0n) is 36.9. The molecule has 13 rings (SSSR count). The van der Waals surface area contributed by atoms with Gasteiger partial charge in [-0.25, -0.2) is 0 Å². The molecule has 0 N–H and O–H groups in total. The highest BCUT2D eigenvalue weighted by molar-refractivity contribution is 6.95. The van der Waals surface area contributed by atoms with Gasteiger partial charge in [-0.1, -0.05) is 104 Å². The third-order valence-electron chi connectivity index (χ3n) is 18.2. The van der Waals surface area contributed by atoms with Crippen molar-refractivity contribution in [1.82, 2.24) is 0 Å². The molecule has 0 amide bonds. The van der Waals surface area contributed by atoms with Crippen LogP contribution in [0.4, 0.5) is 22.7 Å². The minimum atomic E-state index is -0.164. The van der Waals surface area contributed by atoms with Crippen molar-refractivity contribution in [3.05, 3.63) is 153 Å². The maximum atomic E-state index is 3.01. The molecule has 2 nitrogen and oxygen atoms in total. The zero-order valence-corrected chi connectivity index (χ0v) is 36.9. The second-order valence-corrected chi connectivity index (χ2v) is 21.2. The smallest absolute Gasteiger partial charge is 0.248 e. The molecule has 2 aliphatic heterocycles. The largest absolute Gasteiger partial charge is 0.333 e. The van der Waals surface area contributed by atoms with Crippen LogP contribution in [-0.2, 0) is 32.1 Å². The predicted molar refractivity (Wildman–Crippen MR) is 257 cm³/mol. The lowest BCUT2D eigenvalue weighted by molar-refractivity contribution is 0.201. The summed E-state index contributed by atoms with van der Waals surface area (Å²) >= 11 is 0. The minimum absolute atomic E-state index is 0.115. The van der Waals surface area contributed by atoms with Crippen LogP contribution >= 0.6 is 0 Å². The molecule has 0 bridgehead atoms. The molecule has 308 valence electrons. The Bertz CT molecular complexity index is 2620. The lowest BCUT2D eigenvalue weighted by Crippen LogP contribution is -2.65. The molecule has 0 spiro atoms. The Labute approximate surface area is 366 Å². The van der Waals surface area contributed by atoms with Crippen LogP contribution in [-0.4, -0.2) is 12.3 Å². The summed E-state index contributed by atoms with van der Waals surface area (Å²) in [5, 5.41) is 0. The van der Waals surface area contributed by atoms with E-state index in [9.17, 15) is 0 Å². The van der Waals surface area contributed by atoms with Gasteiger partial charge in [-0.15, -0.1) is 0 Å². The van der Waals surface area contributed by atoms with Gasteiger partial charge in [0, 0.05) is 40.3 Å². The second-order valence-electron chi connectivity index (χ2n) is 21.2. The topological polar surface area (TPSA) is 6.48 Å². The van der Waals surface area contributed by atoms with Crippen molar-refractivity contribution < 1.29 is 0 Å². The van der Waals surface area contributed by atoms with Gasteiger partial charge in [-0.05, 0) is 201 Å². The van der Waals surface area contributed by atoms with Crippen LogP contribution in [0.1, 0.15) is 149 Å². The van der Waals surface area contributed by atoms with Gasteiger partial charge in [0.25, 0.3) is 0 Å². The molecule has 7 aliphatic carbocycles. The van der Waals surface area contributed by atoms with E-state index in [4.69, 9.17) is 0 Å². The molecule has 2 heterocycles. The van der Waals surface area contributed by atoms with E-state index in [1.807, 2.05) is 0 Å². The normalized spacial score (nSPS) is 29.3. The summed E-state index contributed by atoms with van der Waals surface area (Å²) in [6, 6.07) is 27.6. The summed E-state index contributed by atoms with van der Waals surface area (Å²) in [7, 11) is 0. The van der Waals surface area contributed by atoms with Crippen molar-refractivity contribution in [2.24, 2.45) is 17.3 Å². The van der Waals surface area contributed by atoms with Gasteiger partial charge in [-0.3, -0.25) is 0 Å². The standard InChI is InChI=1S/C58H63BN2/c1-57-34-12-11-23-43(57)31-33-51-56(57)59-54-47-26-9-5-18-40(47)30-32-50(54)60(49-29-14-21-39-17-4-8-25-46(39)49)52-36-42(45-27-13-20-38-16-3-7-24-44(38)45)37-53(55(52)59)61(51)58(2)35-15-22-41-19-6-10-28-48(41)58/h3,7,14-16,21-22,24,29-33,35-37,43,45,48H,4-6,8-13,17-20,23,25-28,34H2,1-2H3. The van der Waals surface area contributed by atoms with E-state index >= 15 is 0 Å². The van der Waals surface area contributed by atoms with Crippen LogP contribution in [0.5, 0.6) is 0 Å². The Kier molecular flexibility index (Phi) is 8.52. The molecular weight excluding hydrogens is 735 g/mol.